The third-order valence-corrected chi connectivity index (χ3v) is 4.04. The molecule has 5 heteroatoms. The van der Waals surface area contributed by atoms with Crippen LogP contribution in [-0.2, 0) is 13.0 Å². The first kappa shape index (κ1) is 13.0. The Bertz CT molecular complexity index is 919. The SMILES string of the molecule is O=c1[nH]c(CN2CCc3ccccc32)nc2ccc(F)cc12. The number of anilines is 1. The van der Waals surface area contributed by atoms with Crippen LogP contribution < -0.4 is 10.5 Å². The van der Waals surface area contributed by atoms with Gasteiger partial charge in [-0.25, -0.2) is 9.37 Å². The summed E-state index contributed by atoms with van der Waals surface area (Å²) in [6, 6.07) is 12.3. The van der Waals surface area contributed by atoms with Crippen molar-refractivity contribution < 1.29 is 4.39 Å². The summed E-state index contributed by atoms with van der Waals surface area (Å²) in [4.78, 5) is 21.5. The molecule has 1 aliphatic rings. The molecule has 0 aliphatic carbocycles. The van der Waals surface area contributed by atoms with Crippen LogP contribution in [0.4, 0.5) is 10.1 Å². The smallest absolute Gasteiger partial charge is 0.258 e. The Balaban J connectivity index is 1.71. The third kappa shape index (κ3) is 2.15. The molecule has 0 unspecified atom stereocenters. The van der Waals surface area contributed by atoms with Gasteiger partial charge in [-0.2, -0.15) is 0 Å². The Morgan fingerprint density at radius 3 is 3.00 bits per heavy atom. The van der Waals surface area contributed by atoms with Crippen molar-refractivity contribution in [2.75, 3.05) is 11.4 Å². The number of nitrogens with one attached hydrogen (secondary N) is 1. The van der Waals surface area contributed by atoms with Gasteiger partial charge in [0.05, 0.1) is 17.4 Å². The number of fused-ring (bicyclic) bond motifs is 2. The number of para-hydroxylation sites is 1. The van der Waals surface area contributed by atoms with E-state index in [9.17, 15) is 9.18 Å². The summed E-state index contributed by atoms with van der Waals surface area (Å²) in [6.07, 6.45) is 0.999. The van der Waals surface area contributed by atoms with Gasteiger partial charge in [0, 0.05) is 12.2 Å². The minimum absolute atomic E-state index is 0.283. The Kier molecular flexibility index (Phi) is 2.92. The lowest BCUT2D eigenvalue weighted by atomic mass is 10.2. The monoisotopic (exact) mass is 295 g/mol. The van der Waals surface area contributed by atoms with Crippen LogP contribution in [0.2, 0.25) is 0 Å². The zero-order valence-electron chi connectivity index (χ0n) is 11.8. The van der Waals surface area contributed by atoms with Crippen molar-refractivity contribution in [3.63, 3.8) is 0 Å². The summed E-state index contributed by atoms with van der Waals surface area (Å²) in [7, 11) is 0. The summed E-state index contributed by atoms with van der Waals surface area (Å²) < 4.78 is 13.2. The first-order chi connectivity index (χ1) is 10.7. The van der Waals surface area contributed by atoms with Crippen LogP contribution in [0, 0.1) is 5.82 Å². The molecule has 0 saturated carbocycles. The number of hydrogen-bond acceptors (Lipinski definition) is 3. The quantitative estimate of drug-likeness (QED) is 0.790. The zero-order chi connectivity index (χ0) is 15.1. The van der Waals surface area contributed by atoms with Gasteiger partial charge in [-0.05, 0) is 36.2 Å². The average Bonchev–Trinajstić information content (AvgIpc) is 2.92. The molecule has 2 heterocycles. The number of halogens is 1. The van der Waals surface area contributed by atoms with Crippen LogP contribution >= 0.6 is 0 Å². The van der Waals surface area contributed by atoms with Gasteiger partial charge in [-0.1, -0.05) is 18.2 Å². The third-order valence-electron chi connectivity index (χ3n) is 4.04. The first-order valence-electron chi connectivity index (χ1n) is 7.22. The van der Waals surface area contributed by atoms with Crippen molar-refractivity contribution in [1.82, 2.24) is 9.97 Å². The molecule has 0 bridgehead atoms. The highest BCUT2D eigenvalue weighted by Gasteiger charge is 2.19. The Morgan fingerprint density at radius 2 is 2.09 bits per heavy atom. The first-order valence-corrected chi connectivity index (χ1v) is 7.22. The molecule has 0 amide bonds. The number of aromatic amines is 1. The van der Waals surface area contributed by atoms with E-state index >= 15 is 0 Å². The van der Waals surface area contributed by atoms with E-state index in [0.717, 1.165) is 13.0 Å². The van der Waals surface area contributed by atoms with Crippen LogP contribution in [0.5, 0.6) is 0 Å². The van der Waals surface area contributed by atoms with Crippen LogP contribution in [0.1, 0.15) is 11.4 Å². The van der Waals surface area contributed by atoms with Gasteiger partial charge in [0.25, 0.3) is 5.56 Å². The van der Waals surface area contributed by atoms with Crippen molar-refractivity contribution in [3.05, 3.63) is 70.0 Å². The van der Waals surface area contributed by atoms with Gasteiger partial charge in [-0.3, -0.25) is 4.79 Å². The van der Waals surface area contributed by atoms with Crippen LogP contribution in [0.15, 0.2) is 47.3 Å². The molecule has 1 aliphatic heterocycles. The number of hydrogen-bond donors (Lipinski definition) is 1. The maximum absolute atomic E-state index is 13.2. The summed E-state index contributed by atoms with van der Waals surface area (Å²) >= 11 is 0. The molecule has 0 fully saturated rings. The second kappa shape index (κ2) is 4.94. The molecule has 4 rings (SSSR count). The summed E-state index contributed by atoms with van der Waals surface area (Å²) in [5, 5.41) is 0.283. The summed E-state index contributed by atoms with van der Waals surface area (Å²) in [5.74, 6) is 0.168. The highest BCUT2D eigenvalue weighted by Crippen LogP contribution is 2.28. The second-order valence-electron chi connectivity index (χ2n) is 5.47. The maximum Gasteiger partial charge on any atom is 0.258 e. The molecular weight excluding hydrogens is 281 g/mol. The van der Waals surface area contributed by atoms with E-state index in [0.29, 0.717) is 17.9 Å². The number of H-pyrrole nitrogens is 1. The van der Waals surface area contributed by atoms with E-state index in [1.54, 1.807) is 6.07 Å². The molecule has 0 saturated heterocycles. The highest BCUT2D eigenvalue weighted by atomic mass is 19.1. The van der Waals surface area contributed by atoms with Gasteiger partial charge < -0.3 is 9.88 Å². The largest absolute Gasteiger partial charge is 0.364 e. The molecule has 110 valence electrons. The average molecular weight is 295 g/mol. The number of nitrogens with zero attached hydrogens (tertiary/aromatic N) is 2. The van der Waals surface area contributed by atoms with E-state index in [2.05, 4.69) is 27.0 Å². The molecule has 0 radical (unpaired) electrons. The minimum atomic E-state index is -0.430. The summed E-state index contributed by atoms with van der Waals surface area (Å²) in [6.45, 7) is 1.45. The molecule has 22 heavy (non-hydrogen) atoms. The fourth-order valence-corrected chi connectivity index (χ4v) is 2.99. The van der Waals surface area contributed by atoms with E-state index in [4.69, 9.17) is 0 Å². The van der Waals surface area contributed by atoms with Crippen LogP contribution in [-0.4, -0.2) is 16.5 Å². The fourth-order valence-electron chi connectivity index (χ4n) is 2.99. The molecule has 3 aromatic rings. The predicted molar refractivity (Wildman–Crippen MR) is 83.5 cm³/mol. The second-order valence-corrected chi connectivity index (χ2v) is 5.47. The van der Waals surface area contributed by atoms with E-state index in [1.807, 2.05) is 12.1 Å². The van der Waals surface area contributed by atoms with Crippen molar-refractivity contribution >= 4 is 16.6 Å². The van der Waals surface area contributed by atoms with E-state index < -0.39 is 5.82 Å². The van der Waals surface area contributed by atoms with Crippen LogP contribution in [0.3, 0.4) is 0 Å². The number of benzene rings is 2. The fraction of sp³-hybridized carbons (Fsp3) is 0.176. The van der Waals surface area contributed by atoms with Crippen LogP contribution in [0.25, 0.3) is 10.9 Å². The van der Waals surface area contributed by atoms with Gasteiger partial charge >= 0.3 is 0 Å². The molecule has 1 aromatic heterocycles. The predicted octanol–water partition coefficient (Wildman–Crippen LogP) is 2.62. The lowest BCUT2D eigenvalue weighted by Crippen LogP contribution is -2.23. The topological polar surface area (TPSA) is 49.0 Å². The maximum atomic E-state index is 13.2. The lowest BCUT2D eigenvalue weighted by molar-refractivity contribution is 0.629. The van der Waals surface area contributed by atoms with Gasteiger partial charge in [-0.15, -0.1) is 0 Å². The Morgan fingerprint density at radius 1 is 1.23 bits per heavy atom. The van der Waals surface area contributed by atoms with Crippen molar-refractivity contribution in [2.45, 2.75) is 13.0 Å². The molecular formula is C17H14FN3O. The van der Waals surface area contributed by atoms with Gasteiger partial charge in [0.1, 0.15) is 11.6 Å². The summed E-state index contributed by atoms with van der Waals surface area (Å²) in [5.41, 5.74) is 2.72. The molecule has 0 spiro atoms. The highest BCUT2D eigenvalue weighted by molar-refractivity contribution is 5.77. The molecule has 4 nitrogen and oxygen atoms in total. The van der Waals surface area contributed by atoms with Gasteiger partial charge in [0.2, 0.25) is 0 Å². The zero-order valence-corrected chi connectivity index (χ0v) is 11.8. The lowest BCUT2D eigenvalue weighted by Gasteiger charge is -2.18. The Hall–Kier alpha value is -2.69. The number of rotatable bonds is 2. The minimum Gasteiger partial charge on any atom is -0.364 e. The van der Waals surface area contributed by atoms with Gasteiger partial charge in [0.15, 0.2) is 0 Å². The molecule has 2 aromatic carbocycles. The number of aromatic nitrogens is 2. The Labute approximate surface area is 126 Å². The molecule has 1 N–H and O–H groups in total. The standard InChI is InChI=1S/C17H14FN3O/c18-12-5-6-14-13(9-12)17(22)20-16(19-14)10-21-8-7-11-3-1-2-4-15(11)21/h1-6,9H,7-8,10H2,(H,19,20,22). The van der Waals surface area contributed by atoms with E-state index in [1.165, 1.54) is 23.4 Å². The molecule has 0 atom stereocenters. The van der Waals surface area contributed by atoms with E-state index in [-0.39, 0.29) is 10.9 Å². The van der Waals surface area contributed by atoms with Crippen molar-refractivity contribution in [3.8, 4) is 0 Å². The van der Waals surface area contributed by atoms with Crippen molar-refractivity contribution in [2.24, 2.45) is 0 Å². The normalized spacial score (nSPS) is 13.6. The van der Waals surface area contributed by atoms with Crippen molar-refractivity contribution in [1.29, 1.82) is 0 Å².